The molecule has 1 aliphatic heterocycles. The summed E-state index contributed by atoms with van der Waals surface area (Å²) in [5, 5.41) is 13.6. The fourth-order valence-electron chi connectivity index (χ4n) is 6.44. The Labute approximate surface area is 195 Å². The van der Waals surface area contributed by atoms with Gasteiger partial charge in [0.1, 0.15) is 0 Å². The number of hydrogen-bond donors (Lipinski definition) is 1. The lowest BCUT2D eigenvalue weighted by atomic mass is 9.76. The van der Waals surface area contributed by atoms with Gasteiger partial charge < -0.3 is 9.84 Å². The predicted molar refractivity (Wildman–Crippen MR) is 127 cm³/mol. The summed E-state index contributed by atoms with van der Waals surface area (Å²) in [5.41, 5.74) is -0.118. The number of likely N-dealkylation sites (tertiary alicyclic amines) is 1. The summed E-state index contributed by atoms with van der Waals surface area (Å²) in [7, 11) is 0. The highest BCUT2D eigenvalue weighted by atomic mass is 32.1. The second-order valence-electron chi connectivity index (χ2n) is 10.1. The molecule has 172 valence electrons. The van der Waals surface area contributed by atoms with E-state index in [0.717, 1.165) is 50.2 Å². The SMILES string of the molecule is O=C(OCC1C2CCC1CN(Cc1ccccc1)C2)C(O)(c1cccs1)C1CCCCC1. The van der Waals surface area contributed by atoms with E-state index in [9.17, 15) is 9.90 Å². The normalized spacial score (nSPS) is 28.3. The smallest absolute Gasteiger partial charge is 0.344 e. The van der Waals surface area contributed by atoms with Gasteiger partial charge in [0, 0.05) is 36.3 Å². The summed E-state index contributed by atoms with van der Waals surface area (Å²) < 4.78 is 5.96. The van der Waals surface area contributed by atoms with E-state index in [1.165, 1.54) is 36.2 Å². The van der Waals surface area contributed by atoms with Crippen molar-refractivity contribution in [3.8, 4) is 0 Å². The van der Waals surface area contributed by atoms with Gasteiger partial charge in [-0.05, 0) is 54.5 Å². The van der Waals surface area contributed by atoms with E-state index >= 15 is 0 Å². The Kier molecular flexibility index (Phi) is 6.68. The Hall–Kier alpha value is -1.69. The van der Waals surface area contributed by atoms with E-state index in [2.05, 4.69) is 35.2 Å². The molecule has 0 amide bonds. The maximum atomic E-state index is 13.4. The molecule has 0 spiro atoms. The van der Waals surface area contributed by atoms with Crippen LogP contribution in [0.3, 0.4) is 0 Å². The lowest BCUT2D eigenvalue weighted by Gasteiger charge is -2.39. The monoisotopic (exact) mass is 453 g/mol. The standard InChI is InChI=1S/C27H35NO3S/c29-26(27(30,25-12-7-15-32-25)23-10-5-2-6-11-23)31-19-24-21-13-14-22(24)18-28(17-21)16-20-8-3-1-4-9-20/h1,3-4,7-9,12,15,21-24,30H,2,5-6,10-11,13-14,16-19H2. The highest BCUT2D eigenvalue weighted by Crippen LogP contribution is 2.45. The molecule has 1 aromatic heterocycles. The molecule has 3 fully saturated rings. The third-order valence-electron chi connectivity index (χ3n) is 8.16. The largest absolute Gasteiger partial charge is 0.463 e. The second kappa shape index (κ2) is 9.66. The van der Waals surface area contributed by atoms with Crippen LogP contribution in [0.1, 0.15) is 55.4 Å². The number of piperidine rings is 1. The maximum absolute atomic E-state index is 13.4. The molecular formula is C27H35NO3S. The zero-order chi connectivity index (χ0) is 22.0. The van der Waals surface area contributed by atoms with Crippen LogP contribution in [-0.2, 0) is 21.7 Å². The fourth-order valence-corrected chi connectivity index (χ4v) is 7.33. The number of rotatable bonds is 7. The Bertz CT molecular complexity index is 866. The minimum atomic E-state index is -1.48. The van der Waals surface area contributed by atoms with E-state index in [-0.39, 0.29) is 5.92 Å². The first kappa shape index (κ1) is 22.1. The lowest BCUT2D eigenvalue weighted by Crippen LogP contribution is -2.47. The summed E-state index contributed by atoms with van der Waals surface area (Å²) in [4.78, 5) is 16.7. The van der Waals surface area contributed by atoms with E-state index < -0.39 is 11.6 Å². The number of fused-ring (bicyclic) bond motifs is 2. The Morgan fingerprint density at radius 2 is 1.72 bits per heavy atom. The van der Waals surface area contributed by atoms with Crippen LogP contribution in [-0.4, -0.2) is 35.7 Å². The zero-order valence-electron chi connectivity index (χ0n) is 18.8. The van der Waals surface area contributed by atoms with Gasteiger partial charge in [0.15, 0.2) is 5.60 Å². The van der Waals surface area contributed by atoms with Crippen LogP contribution in [0.5, 0.6) is 0 Å². The highest BCUT2D eigenvalue weighted by molar-refractivity contribution is 7.10. The molecule has 1 aromatic carbocycles. The molecule has 5 heteroatoms. The molecule has 1 saturated heterocycles. The molecule has 4 nitrogen and oxygen atoms in total. The van der Waals surface area contributed by atoms with E-state index in [1.807, 2.05) is 17.5 Å². The van der Waals surface area contributed by atoms with Crippen molar-refractivity contribution >= 4 is 17.3 Å². The molecule has 3 atom stereocenters. The molecule has 5 rings (SSSR count). The summed E-state index contributed by atoms with van der Waals surface area (Å²) in [6.07, 6.45) is 7.58. The van der Waals surface area contributed by atoms with Crippen molar-refractivity contribution in [3.05, 3.63) is 58.3 Å². The molecule has 2 bridgehead atoms. The van der Waals surface area contributed by atoms with Crippen LogP contribution in [0, 0.1) is 23.7 Å². The summed E-state index contributed by atoms with van der Waals surface area (Å²) in [6.45, 7) is 3.60. The van der Waals surface area contributed by atoms with Crippen LogP contribution in [0.4, 0.5) is 0 Å². The highest BCUT2D eigenvalue weighted by Gasteiger charge is 2.49. The minimum Gasteiger partial charge on any atom is -0.463 e. The molecule has 3 unspecified atom stereocenters. The van der Waals surface area contributed by atoms with Gasteiger partial charge in [0.05, 0.1) is 6.61 Å². The van der Waals surface area contributed by atoms with Crippen LogP contribution in [0.2, 0.25) is 0 Å². The van der Waals surface area contributed by atoms with E-state index in [4.69, 9.17) is 4.74 Å². The number of hydrogen-bond acceptors (Lipinski definition) is 5. The fraction of sp³-hybridized carbons (Fsp3) is 0.593. The van der Waals surface area contributed by atoms with E-state index in [0.29, 0.717) is 24.4 Å². The topological polar surface area (TPSA) is 49.8 Å². The molecule has 2 heterocycles. The van der Waals surface area contributed by atoms with Crippen molar-refractivity contribution in [3.63, 3.8) is 0 Å². The van der Waals surface area contributed by atoms with Crippen molar-refractivity contribution in [1.29, 1.82) is 0 Å². The molecule has 3 aliphatic rings. The molecule has 2 aliphatic carbocycles. The number of benzene rings is 1. The van der Waals surface area contributed by atoms with Crippen LogP contribution < -0.4 is 0 Å². The van der Waals surface area contributed by atoms with Crippen molar-refractivity contribution in [1.82, 2.24) is 4.90 Å². The first-order valence-electron chi connectivity index (χ1n) is 12.3. The molecule has 32 heavy (non-hydrogen) atoms. The van der Waals surface area contributed by atoms with Gasteiger partial charge >= 0.3 is 5.97 Å². The number of thiophene rings is 1. The van der Waals surface area contributed by atoms with Gasteiger partial charge in [-0.1, -0.05) is 55.7 Å². The van der Waals surface area contributed by atoms with E-state index in [1.54, 1.807) is 0 Å². The predicted octanol–water partition coefficient (Wildman–Crippen LogP) is 5.22. The van der Waals surface area contributed by atoms with Crippen molar-refractivity contribution < 1.29 is 14.6 Å². The van der Waals surface area contributed by atoms with Crippen LogP contribution >= 0.6 is 11.3 Å². The molecular weight excluding hydrogens is 418 g/mol. The van der Waals surface area contributed by atoms with Crippen LogP contribution in [0.15, 0.2) is 47.8 Å². The number of ether oxygens (including phenoxy) is 1. The summed E-state index contributed by atoms with van der Waals surface area (Å²) in [5.74, 6) is 1.12. The van der Waals surface area contributed by atoms with Gasteiger partial charge in [-0.15, -0.1) is 11.3 Å². The first-order valence-corrected chi connectivity index (χ1v) is 13.2. The van der Waals surface area contributed by atoms with Crippen LogP contribution in [0.25, 0.3) is 0 Å². The number of carbonyl (C=O) groups is 1. The van der Waals surface area contributed by atoms with Crippen molar-refractivity contribution in [2.75, 3.05) is 19.7 Å². The third-order valence-corrected chi connectivity index (χ3v) is 9.16. The molecule has 1 N–H and O–H groups in total. The number of aliphatic hydroxyl groups is 1. The summed E-state index contributed by atoms with van der Waals surface area (Å²) in [6, 6.07) is 14.5. The Morgan fingerprint density at radius 3 is 2.38 bits per heavy atom. The Morgan fingerprint density at radius 1 is 1.00 bits per heavy atom. The third kappa shape index (κ3) is 4.40. The quantitative estimate of drug-likeness (QED) is 0.584. The average molecular weight is 454 g/mol. The van der Waals surface area contributed by atoms with Gasteiger partial charge in [0.2, 0.25) is 0 Å². The molecule has 2 aromatic rings. The minimum absolute atomic E-state index is 0.0353. The van der Waals surface area contributed by atoms with Crippen molar-refractivity contribution in [2.24, 2.45) is 23.7 Å². The number of esters is 1. The van der Waals surface area contributed by atoms with Gasteiger partial charge in [-0.2, -0.15) is 0 Å². The molecule has 2 saturated carbocycles. The lowest BCUT2D eigenvalue weighted by molar-refractivity contribution is -0.177. The number of nitrogens with zero attached hydrogens (tertiary/aromatic N) is 1. The van der Waals surface area contributed by atoms with Crippen molar-refractivity contribution in [2.45, 2.75) is 57.1 Å². The molecule has 0 radical (unpaired) electrons. The maximum Gasteiger partial charge on any atom is 0.344 e. The average Bonchev–Trinajstić information content (AvgIpc) is 3.45. The van der Waals surface area contributed by atoms with Gasteiger partial charge in [0.25, 0.3) is 0 Å². The number of carbonyl (C=O) groups excluding carboxylic acids is 1. The Balaban J connectivity index is 1.22. The van der Waals surface area contributed by atoms with Gasteiger partial charge in [-0.3, -0.25) is 4.90 Å². The second-order valence-corrected chi connectivity index (χ2v) is 11.1. The van der Waals surface area contributed by atoms with Gasteiger partial charge in [-0.25, -0.2) is 4.79 Å². The summed E-state index contributed by atoms with van der Waals surface area (Å²) >= 11 is 1.47. The zero-order valence-corrected chi connectivity index (χ0v) is 19.6. The first-order chi connectivity index (χ1) is 15.6.